The van der Waals surface area contributed by atoms with E-state index in [0.29, 0.717) is 42.3 Å². The Hall–Kier alpha value is -3.01. The van der Waals surface area contributed by atoms with Crippen LogP contribution in [-0.2, 0) is 24.9 Å². The molecule has 0 bridgehead atoms. The quantitative estimate of drug-likeness (QED) is 0.0275. The van der Waals surface area contributed by atoms with Gasteiger partial charge in [0, 0.05) is 39.8 Å². The van der Waals surface area contributed by atoms with Crippen molar-refractivity contribution in [2.45, 2.75) is 46.4 Å². The lowest BCUT2D eigenvalue weighted by atomic mass is 10.0. The van der Waals surface area contributed by atoms with E-state index in [1.807, 2.05) is 6.07 Å². The van der Waals surface area contributed by atoms with Gasteiger partial charge in [0.25, 0.3) is 11.8 Å². The minimum absolute atomic E-state index is 0.0371. The lowest BCUT2D eigenvalue weighted by molar-refractivity contribution is -0.150. The number of carbonyl (C=O) groups excluding carboxylic acids is 3. The van der Waals surface area contributed by atoms with Gasteiger partial charge in [-0.1, -0.05) is 16.9 Å². The van der Waals surface area contributed by atoms with Crippen molar-refractivity contribution in [3.63, 3.8) is 0 Å². The van der Waals surface area contributed by atoms with Crippen LogP contribution in [0.5, 0.6) is 0 Å². The average Bonchev–Trinajstić information content (AvgIpc) is 3.44. The highest BCUT2D eigenvalue weighted by Crippen LogP contribution is 2.45. The van der Waals surface area contributed by atoms with E-state index in [1.54, 1.807) is 24.0 Å². The minimum atomic E-state index is -1.27. The van der Waals surface area contributed by atoms with Crippen LogP contribution in [0.25, 0.3) is 0 Å². The summed E-state index contributed by atoms with van der Waals surface area (Å²) >= 11 is 5.09. The molecule has 1 saturated heterocycles. The fraction of sp³-hybridized carbons (Fsp3) is 0.458. The number of aliphatic imine (C=N–C) groups is 1. The molecule has 3 aliphatic rings. The van der Waals surface area contributed by atoms with E-state index in [0.717, 1.165) is 27.4 Å². The molecule has 11 N–H and O–H groups in total. The molecule has 4 heterocycles. The van der Waals surface area contributed by atoms with Crippen molar-refractivity contribution in [3.05, 3.63) is 34.6 Å². The number of aliphatic carboxylic acids is 1. The zero-order valence-corrected chi connectivity index (χ0v) is 26.4. The van der Waals surface area contributed by atoms with Crippen LogP contribution in [-0.4, -0.2) is 103 Å². The molecule has 0 spiro atoms. The number of rotatable bonds is 15. The standard InChI is InChI=1S/C24H32N10O6S4/c25-5-1-3-11(26)19(35)29-7-8-41-9-12-13(4-2-6-28-12)43-14-10-42-22-16(21(37)34(22)17(14)23(38)39)30-20(36)15(32-40)18-31-24(27)44-33-18/h2,4,6,11,16,22,24,40H,1,3,5,7-10,25-27H2,(H,29,35)(H,30,36)(H,31,33)(H,38,39)/b32-15-/t11-,16+,22+,24?/m0/s1. The maximum Gasteiger partial charge on any atom is 0.353 e. The number of hydrogen-bond donors (Lipinski definition) is 8. The lowest BCUT2D eigenvalue weighted by Crippen LogP contribution is -2.71. The Kier molecular flexibility index (Phi) is 12.2. The third kappa shape index (κ3) is 7.98. The molecule has 3 amide bonds. The largest absolute Gasteiger partial charge is 0.477 e. The molecule has 44 heavy (non-hydrogen) atoms. The van der Waals surface area contributed by atoms with Gasteiger partial charge in [-0.25, -0.2) is 9.79 Å². The topological polar surface area (TPSA) is 264 Å². The number of pyridine rings is 1. The number of carboxylic acids is 1. The van der Waals surface area contributed by atoms with Crippen molar-refractivity contribution in [1.82, 2.24) is 25.2 Å². The average molecular weight is 685 g/mol. The Balaban J connectivity index is 1.37. The van der Waals surface area contributed by atoms with E-state index in [2.05, 4.69) is 30.5 Å². The van der Waals surface area contributed by atoms with Gasteiger partial charge in [0.2, 0.25) is 11.6 Å². The van der Waals surface area contributed by atoms with Gasteiger partial charge >= 0.3 is 5.97 Å². The summed E-state index contributed by atoms with van der Waals surface area (Å²) in [5.74, 6) is -1.60. The highest BCUT2D eigenvalue weighted by atomic mass is 32.2. The van der Waals surface area contributed by atoms with Gasteiger partial charge in [0.05, 0.1) is 11.7 Å². The molecule has 0 aromatic carbocycles. The molecule has 4 rings (SSSR count). The Morgan fingerprint density at radius 3 is 2.82 bits per heavy atom. The molecule has 238 valence electrons. The number of aromatic nitrogens is 1. The van der Waals surface area contributed by atoms with Crippen LogP contribution in [0.2, 0.25) is 0 Å². The molecule has 1 fully saturated rings. The lowest BCUT2D eigenvalue weighted by Gasteiger charge is -2.49. The Labute approximate surface area is 269 Å². The Morgan fingerprint density at radius 1 is 1.34 bits per heavy atom. The highest BCUT2D eigenvalue weighted by molar-refractivity contribution is 8.06. The molecule has 0 saturated carbocycles. The predicted molar refractivity (Wildman–Crippen MR) is 171 cm³/mol. The van der Waals surface area contributed by atoms with E-state index >= 15 is 0 Å². The third-order valence-corrected chi connectivity index (χ3v) is 10.7. The number of fused-ring (bicyclic) bond motifs is 1. The molecule has 3 aliphatic heterocycles. The zero-order valence-electron chi connectivity index (χ0n) is 23.2. The van der Waals surface area contributed by atoms with E-state index in [4.69, 9.17) is 17.2 Å². The number of amidine groups is 1. The summed E-state index contributed by atoms with van der Waals surface area (Å²) < 4.78 is 2.67. The van der Waals surface area contributed by atoms with Crippen LogP contribution in [0.3, 0.4) is 0 Å². The minimum Gasteiger partial charge on any atom is -0.477 e. The van der Waals surface area contributed by atoms with Gasteiger partial charge in [-0.3, -0.25) is 30.0 Å². The predicted octanol–water partition coefficient (Wildman–Crippen LogP) is -0.992. The van der Waals surface area contributed by atoms with Gasteiger partial charge in [-0.2, -0.15) is 11.8 Å². The SMILES string of the molecule is NCCC[C@H](N)C(=O)NCCSCc1ncccc1SC1=C(C(=O)O)N2C(=O)[C@@H](NC(=O)/C(=N\O)C3=NC(N)SN3)[C@H]2SC1. The van der Waals surface area contributed by atoms with Crippen molar-refractivity contribution in [3.8, 4) is 0 Å². The van der Waals surface area contributed by atoms with Crippen LogP contribution in [0.1, 0.15) is 18.5 Å². The highest BCUT2D eigenvalue weighted by Gasteiger charge is 2.54. The second-order valence-electron chi connectivity index (χ2n) is 9.41. The van der Waals surface area contributed by atoms with Crippen molar-refractivity contribution in [1.29, 1.82) is 0 Å². The van der Waals surface area contributed by atoms with Gasteiger partial charge in [-0.15, -0.1) is 11.8 Å². The summed E-state index contributed by atoms with van der Waals surface area (Å²) in [6.45, 7) is 0.907. The maximum absolute atomic E-state index is 13.1. The fourth-order valence-corrected chi connectivity index (χ4v) is 8.27. The molecule has 0 radical (unpaired) electrons. The summed E-state index contributed by atoms with van der Waals surface area (Å²) in [7, 11) is 0. The van der Waals surface area contributed by atoms with E-state index < -0.39 is 46.5 Å². The molecule has 16 nitrogen and oxygen atoms in total. The number of carboxylic acid groups (broad SMARTS) is 1. The van der Waals surface area contributed by atoms with E-state index in [-0.39, 0.29) is 23.2 Å². The molecule has 1 aromatic rings. The number of thioether (sulfide) groups is 3. The van der Waals surface area contributed by atoms with Crippen LogP contribution in [0.15, 0.2) is 44.0 Å². The van der Waals surface area contributed by atoms with Crippen molar-refractivity contribution in [2.75, 3.05) is 24.6 Å². The molecule has 4 atom stereocenters. The number of hydrogen-bond acceptors (Lipinski definition) is 16. The number of amides is 3. The first-order valence-corrected chi connectivity index (χ1v) is 17.2. The molecular weight excluding hydrogens is 653 g/mol. The van der Waals surface area contributed by atoms with E-state index in [1.165, 1.54) is 23.5 Å². The van der Waals surface area contributed by atoms with Gasteiger partial charge < -0.3 is 37.1 Å². The summed E-state index contributed by atoms with van der Waals surface area (Å²) in [4.78, 5) is 61.0. The molecule has 20 heteroatoms. The Bertz CT molecular complexity index is 1380. The van der Waals surface area contributed by atoms with Gasteiger partial charge in [-0.05, 0) is 43.5 Å². The molecular formula is C24H32N10O6S4. The van der Waals surface area contributed by atoms with Crippen LogP contribution in [0.4, 0.5) is 0 Å². The smallest absolute Gasteiger partial charge is 0.353 e. The van der Waals surface area contributed by atoms with Crippen LogP contribution in [0, 0.1) is 0 Å². The monoisotopic (exact) mass is 684 g/mol. The van der Waals surface area contributed by atoms with Crippen molar-refractivity contribution in [2.24, 2.45) is 27.3 Å². The first-order valence-electron chi connectivity index (χ1n) is 13.3. The first kappa shape index (κ1) is 33.9. The Morgan fingerprint density at radius 2 is 2.14 bits per heavy atom. The second kappa shape index (κ2) is 15.8. The number of carbonyl (C=O) groups is 4. The number of nitrogens with one attached hydrogen (secondary N) is 3. The van der Waals surface area contributed by atoms with Crippen LogP contribution >= 0.6 is 47.2 Å². The fourth-order valence-electron chi connectivity index (χ4n) is 4.26. The van der Waals surface area contributed by atoms with Crippen LogP contribution < -0.4 is 32.6 Å². The third-order valence-electron chi connectivity index (χ3n) is 6.42. The number of oxime groups is 1. The number of nitrogens with two attached hydrogens (primary N) is 3. The summed E-state index contributed by atoms with van der Waals surface area (Å²) in [6.07, 6.45) is 2.85. The first-order chi connectivity index (χ1) is 21.2. The van der Waals surface area contributed by atoms with Crippen molar-refractivity contribution >= 4 is 82.5 Å². The van der Waals surface area contributed by atoms with E-state index in [9.17, 15) is 29.5 Å². The molecule has 1 aromatic heterocycles. The number of β-lactam (4-membered cyclic amide) rings is 1. The zero-order chi connectivity index (χ0) is 31.8. The second-order valence-corrected chi connectivity index (χ2v) is 13.7. The summed E-state index contributed by atoms with van der Waals surface area (Å²) in [5, 5.41) is 27.0. The maximum atomic E-state index is 13.1. The van der Waals surface area contributed by atoms with Gasteiger partial charge in [0.1, 0.15) is 17.1 Å². The normalized spacial score (nSPS) is 22.0. The summed E-state index contributed by atoms with van der Waals surface area (Å²) in [6, 6.07) is 1.95. The van der Waals surface area contributed by atoms with Crippen molar-refractivity contribution < 1.29 is 29.5 Å². The molecule has 1 unspecified atom stereocenters. The summed E-state index contributed by atoms with van der Waals surface area (Å²) in [5.41, 5.74) is 16.4. The van der Waals surface area contributed by atoms with Gasteiger partial charge in [0.15, 0.2) is 11.3 Å². The molecule has 0 aliphatic carbocycles. The number of nitrogens with zero attached hydrogens (tertiary/aromatic N) is 4.